The number of benzene rings is 1. The van der Waals surface area contributed by atoms with Gasteiger partial charge in [-0.25, -0.2) is 0 Å². The molecule has 0 spiro atoms. The number of hydrogen-bond acceptors (Lipinski definition) is 4. The molecule has 1 heterocycles. The first kappa shape index (κ1) is 15.8. The maximum atomic E-state index is 9.10. The van der Waals surface area contributed by atoms with Crippen LogP contribution in [0.5, 0.6) is 5.75 Å². The molecule has 4 heteroatoms. The number of nitrogens with one attached hydrogen (secondary N) is 1. The Labute approximate surface area is 127 Å². The summed E-state index contributed by atoms with van der Waals surface area (Å²) in [6.07, 6.45) is 3.62. The van der Waals surface area contributed by atoms with E-state index in [0.717, 1.165) is 43.9 Å². The fraction of sp³-hybridized carbons (Fsp3) is 0.588. The predicted molar refractivity (Wildman–Crippen MR) is 84.3 cm³/mol. The van der Waals surface area contributed by atoms with Gasteiger partial charge in [0.05, 0.1) is 18.7 Å². The largest absolute Gasteiger partial charge is 0.496 e. The van der Waals surface area contributed by atoms with Crippen LogP contribution in [0.2, 0.25) is 0 Å². The zero-order valence-electron chi connectivity index (χ0n) is 13.1. The second-order valence-electron chi connectivity index (χ2n) is 5.61. The van der Waals surface area contributed by atoms with Gasteiger partial charge in [-0.3, -0.25) is 4.90 Å². The van der Waals surface area contributed by atoms with Gasteiger partial charge in [-0.1, -0.05) is 6.92 Å². The molecule has 1 aliphatic heterocycles. The number of methoxy groups -OCH3 is 1. The molecule has 1 aromatic carbocycles. The number of piperidine rings is 1. The highest BCUT2D eigenvalue weighted by Gasteiger charge is 2.21. The van der Waals surface area contributed by atoms with Crippen molar-refractivity contribution < 1.29 is 4.74 Å². The molecule has 1 unspecified atom stereocenters. The molecule has 0 saturated carbocycles. The molecule has 1 fully saturated rings. The minimum atomic E-state index is 0.578. The molecule has 1 atom stereocenters. The van der Waals surface area contributed by atoms with E-state index in [2.05, 4.69) is 23.2 Å². The quantitative estimate of drug-likeness (QED) is 0.873. The summed E-state index contributed by atoms with van der Waals surface area (Å²) in [6, 6.07) is 8.47. The monoisotopic (exact) mass is 287 g/mol. The molecule has 21 heavy (non-hydrogen) atoms. The van der Waals surface area contributed by atoms with Crippen LogP contribution < -0.4 is 10.1 Å². The van der Waals surface area contributed by atoms with Crippen molar-refractivity contribution in [2.75, 3.05) is 26.7 Å². The number of nitriles is 1. The molecular formula is C17H25N3O. The van der Waals surface area contributed by atoms with Crippen molar-refractivity contribution in [2.24, 2.45) is 0 Å². The van der Waals surface area contributed by atoms with Crippen LogP contribution in [0, 0.1) is 11.3 Å². The van der Waals surface area contributed by atoms with Crippen molar-refractivity contribution in [1.82, 2.24) is 10.2 Å². The predicted octanol–water partition coefficient (Wildman–Crippen LogP) is 2.53. The van der Waals surface area contributed by atoms with Crippen LogP contribution in [0.25, 0.3) is 0 Å². The Bertz CT molecular complexity index is 489. The standard InChI is InChI=1S/C17H25N3O/c1-3-9-20(16-5-4-8-19-12-16)13-15-10-14(11-18)6-7-17(15)21-2/h6-7,10,16,19H,3-5,8-9,12-13H2,1-2H3. The van der Waals surface area contributed by atoms with Gasteiger partial charge in [0.25, 0.3) is 0 Å². The molecule has 0 radical (unpaired) electrons. The van der Waals surface area contributed by atoms with Crippen molar-refractivity contribution >= 4 is 0 Å². The molecule has 0 bridgehead atoms. The van der Waals surface area contributed by atoms with Gasteiger partial charge in [-0.05, 0) is 50.6 Å². The van der Waals surface area contributed by atoms with Gasteiger partial charge in [0.1, 0.15) is 5.75 Å². The Morgan fingerprint density at radius 3 is 2.95 bits per heavy atom. The first-order valence-corrected chi connectivity index (χ1v) is 7.80. The smallest absolute Gasteiger partial charge is 0.123 e. The van der Waals surface area contributed by atoms with E-state index in [9.17, 15) is 0 Å². The second-order valence-corrected chi connectivity index (χ2v) is 5.61. The number of ether oxygens (including phenoxy) is 1. The summed E-state index contributed by atoms with van der Waals surface area (Å²) in [5, 5.41) is 12.6. The van der Waals surface area contributed by atoms with Gasteiger partial charge in [-0.2, -0.15) is 5.26 Å². The van der Waals surface area contributed by atoms with Crippen LogP contribution >= 0.6 is 0 Å². The Kier molecular flexibility index (Phi) is 6.04. The molecule has 1 aromatic rings. The summed E-state index contributed by atoms with van der Waals surface area (Å²) in [4.78, 5) is 2.52. The average molecular weight is 287 g/mol. The molecule has 4 nitrogen and oxygen atoms in total. The lowest BCUT2D eigenvalue weighted by Crippen LogP contribution is -2.45. The summed E-state index contributed by atoms with van der Waals surface area (Å²) in [7, 11) is 1.69. The molecule has 1 aliphatic rings. The number of rotatable bonds is 6. The third kappa shape index (κ3) is 4.20. The first-order valence-electron chi connectivity index (χ1n) is 7.80. The topological polar surface area (TPSA) is 48.3 Å². The van der Waals surface area contributed by atoms with E-state index in [1.165, 1.54) is 12.8 Å². The Balaban J connectivity index is 2.17. The van der Waals surface area contributed by atoms with Gasteiger partial charge in [-0.15, -0.1) is 0 Å². The van der Waals surface area contributed by atoms with E-state index in [-0.39, 0.29) is 0 Å². The van der Waals surface area contributed by atoms with Crippen molar-refractivity contribution in [3.63, 3.8) is 0 Å². The van der Waals surface area contributed by atoms with Crippen LogP contribution in [0.4, 0.5) is 0 Å². The molecule has 1 N–H and O–H groups in total. The third-order valence-corrected chi connectivity index (χ3v) is 4.08. The van der Waals surface area contributed by atoms with E-state index in [4.69, 9.17) is 10.00 Å². The third-order valence-electron chi connectivity index (χ3n) is 4.08. The highest BCUT2D eigenvalue weighted by Crippen LogP contribution is 2.23. The summed E-state index contributed by atoms with van der Waals surface area (Å²) in [6.45, 7) is 6.32. The highest BCUT2D eigenvalue weighted by atomic mass is 16.5. The van der Waals surface area contributed by atoms with Gasteiger partial charge >= 0.3 is 0 Å². The van der Waals surface area contributed by atoms with Crippen molar-refractivity contribution in [1.29, 1.82) is 5.26 Å². The van der Waals surface area contributed by atoms with Gasteiger partial charge in [0.2, 0.25) is 0 Å². The molecule has 0 amide bonds. The lowest BCUT2D eigenvalue weighted by atomic mass is 10.0. The fourth-order valence-electron chi connectivity index (χ4n) is 3.01. The van der Waals surface area contributed by atoms with E-state index >= 15 is 0 Å². The van der Waals surface area contributed by atoms with Crippen LogP contribution in [-0.2, 0) is 6.54 Å². The molecule has 114 valence electrons. The van der Waals surface area contributed by atoms with E-state index in [0.29, 0.717) is 11.6 Å². The zero-order chi connectivity index (χ0) is 15.1. The maximum Gasteiger partial charge on any atom is 0.123 e. The number of hydrogen-bond donors (Lipinski definition) is 1. The SMILES string of the molecule is CCCN(Cc1cc(C#N)ccc1OC)C1CCCNC1. The van der Waals surface area contributed by atoms with E-state index in [1.807, 2.05) is 18.2 Å². The van der Waals surface area contributed by atoms with E-state index < -0.39 is 0 Å². The summed E-state index contributed by atoms with van der Waals surface area (Å²) >= 11 is 0. The van der Waals surface area contributed by atoms with Crippen LogP contribution in [0.3, 0.4) is 0 Å². The Morgan fingerprint density at radius 1 is 1.48 bits per heavy atom. The van der Waals surface area contributed by atoms with E-state index in [1.54, 1.807) is 7.11 Å². The van der Waals surface area contributed by atoms with Gasteiger partial charge in [0, 0.05) is 24.7 Å². The minimum Gasteiger partial charge on any atom is -0.496 e. The molecule has 0 aromatic heterocycles. The van der Waals surface area contributed by atoms with Gasteiger partial charge in [0.15, 0.2) is 0 Å². The summed E-state index contributed by atoms with van der Waals surface area (Å²) < 4.78 is 5.46. The van der Waals surface area contributed by atoms with Crippen LogP contribution in [0.1, 0.15) is 37.3 Å². The average Bonchev–Trinajstić information content (AvgIpc) is 2.55. The zero-order valence-corrected chi connectivity index (χ0v) is 13.1. The lowest BCUT2D eigenvalue weighted by molar-refractivity contribution is 0.156. The summed E-state index contributed by atoms with van der Waals surface area (Å²) in [5.41, 5.74) is 1.81. The molecule has 0 aliphatic carbocycles. The fourth-order valence-corrected chi connectivity index (χ4v) is 3.01. The molecule has 2 rings (SSSR count). The second kappa shape index (κ2) is 8.02. The highest BCUT2D eigenvalue weighted by molar-refractivity contribution is 5.42. The Morgan fingerprint density at radius 2 is 2.33 bits per heavy atom. The minimum absolute atomic E-state index is 0.578. The Hall–Kier alpha value is -1.57. The number of nitrogens with zero attached hydrogens (tertiary/aromatic N) is 2. The van der Waals surface area contributed by atoms with Crippen LogP contribution in [0.15, 0.2) is 18.2 Å². The first-order chi connectivity index (χ1) is 10.3. The lowest BCUT2D eigenvalue weighted by Gasteiger charge is -2.34. The maximum absolute atomic E-state index is 9.10. The summed E-state index contributed by atoms with van der Waals surface area (Å²) in [5.74, 6) is 0.874. The van der Waals surface area contributed by atoms with Crippen molar-refractivity contribution in [2.45, 2.75) is 38.8 Å². The van der Waals surface area contributed by atoms with Gasteiger partial charge < -0.3 is 10.1 Å². The molecule has 1 saturated heterocycles. The molecular weight excluding hydrogens is 262 g/mol. The van der Waals surface area contributed by atoms with Crippen LogP contribution in [-0.4, -0.2) is 37.7 Å². The van der Waals surface area contributed by atoms with Crippen molar-refractivity contribution in [3.8, 4) is 11.8 Å². The normalized spacial score (nSPS) is 18.5. The van der Waals surface area contributed by atoms with Crippen molar-refractivity contribution in [3.05, 3.63) is 29.3 Å².